The monoisotopic (exact) mass is 408 g/mol. The minimum atomic E-state index is -0.0963. The van der Waals surface area contributed by atoms with Gasteiger partial charge in [0.2, 0.25) is 11.8 Å². The van der Waals surface area contributed by atoms with Gasteiger partial charge >= 0.3 is 0 Å². The molecule has 2 N–H and O–H groups in total. The summed E-state index contributed by atoms with van der Waals surface area (Å²) in [6, 6.07) is 15.7. The third-order valence-electron chi connectivity index (χ3n) is 5.09. The number of carbonyl (C=O) groups excluding carboxylic acids is 2. The van der Waals surface area contributed by atoms with Gasteiger partial charge in [-0.3, -0.25) is 9.59 Å². The summed E-state index contributed by atoms with van der Waals surface area (Å²) in [6.07, 6.45) is 1.88. The molecular weight excluding hydrogens is 384 g/mol. The number of hydrogen-bond acceptors (Lipinski definition) is 5. The van der Waals surface area contributed by atoms with Crippen LogP contribution in [0.2, 0.25) is 0 Å². The fourth-order valence-corrected chi connectivity index (χ4v) is 4.60. The average Bonchev–Trinajstić information content (AvgIpc) is 3.17. The Morgan fingerprint density at radius 3 is 2.72 bits per heavy atom. The fraction of sp³-hybridized carbons (Fsp3) is 0.318. The molecule has 4 rings (SSSR count). The van der Waals surface area contributed by atoms with Gasteiger partial charge in [0.05, 0.1) is 16.1 Å². The molecule has 150 valence electrons. The highest BCUT2D eigenvalue weighted by molar-refractivity contribution is 7.22. The first kappa shape index (κ1) is 19.4. The maximum absolute atomic E-state index is 12.7. The van der Waals surface area contributed by atoms with Crippen LogP contribution in [-0.2, 0) is 16.1 Å². The van der Waals surface area contributed by atoms with Gasteiger partial charge in [-0.1, -0.05) is 35.6 Å². The lowest BCUT2D eigenvalue weighted by molar-refractivity contribution is -0.125. The number of hydrogen-bond donors (Lipinski definition) is 2. The SMILES string of the molecule is CC(=O)Nc1ccc(CNC(=O)[C@@H]2CCCN(c3nc4ccccc4s3)C2)cc1. The maximum atomic E-state index is 12.7. The van der Waals surface area contributed by atoms with Gasteiger partial charge in [0, 0.05) is 32.2 Å². The van der Waals surface area contributed by atoms with Crippen molar-refractivity contribution < 1.29 is 9.59 Å². The number of carbonyl (C=O) groups is 2. The van der Waals surface area contributed by atoms with Crippen molar-refractivity contribution in [2.24, 2.45) is 5.92 Å². The van der Waals surface area contributed by atoms with Crippen LogP contribution in [0.4, 0.5) is 10.8 Å². The Balaban J connectivity index is 1.34. The molecule has 2 amide bonds. The molecular formula is C22H24N4O2S. The molecule has 3 aromatic rings. The van der Waals surface area contributed by atoms with Crippen molar-refractivity contribution in [3.63, 3.8) is 0 Å². The minimum Gasteiger partial charge on any atom is -0.352 e. The summed E-state index contributed by atoms with van der Waals surface area (Å²) in [5.41, 5.74) is 2.78. The predicted molar refractivity (Wildman–Crippen MR) is 117 cm³/mol. The third kappa shape index (κ3) is 4.74. The van der Waals surface area contributed by atoms with Crippen molar-refractivity contribution in [3.8, 4) is 0 Å². The van der Waals surface area contributed by atoms with Gasteiger partial charge in [0.1, 0.15) is 0 Å². The fourth-order valence-electron chi connectivity index (χ4n) is 3.60. The zero-order valence-corrected chi connectivity index (χ0v) is 17.2. The van der Waals surface area contributed by atoms with Crippen LogP contribution in [-0.4, -0.2) is 29.9 Å². The Morgan fingerprint density at radius 1 is 1.17 bits per heavy atom. The molecule has 1 atom stereocenters. The number of amides is 2. The molecule has 1 aromatic heterocycles. The van der Waals surface area contributed by atoms with E-state index in [4.69, 9.17) is 4.98 Å². The van der Waals surface area contributed by atoms with Gasteiger partial charge in [-0.05, 0) is 42.7 Å². The summed E-state index contributed by atoms with van der Waals surface area (Å²) >= 11 is 1.69. The topological polar surface area (TPSA) is 74.3 Å². The molecule has 1 saturated heterocycles. The van der Waals surface area contributed by atoms with Crippen LogP contribution in [0.3, 0.4) is 0 Å². The average molecular weight is 409 g/mol. The van der Waals surface area contributed by atoms with Crippen LogP contribution >= 0.6 is 11.3 Å². The summed E-state index contributed by atoms with van der Waals surface area (Å²) < 4.78 is 1.18. The van der Waals surface area contributed by atoms with Gasteiger partial charge in [0.25, 0.3) is 0 Å². The lowest BCUT2D eigenvalue weighted by Gasteiger charge is -2.31. The number of piperidine rings is 1. The van der Waals surface area contributed by atoms with Crippen LogP contribution in [0, 0.1) is 5.92 Å². The standard InChI is InChI=1S/C22H24N4O2S/c1-15(27)24-18-10-8-16(9-11-18)13-23-21(28)17-5-4-12-26(14-17)22-25-19-6-2-3-7-20(19)29-22/h2-3,6-11,17H,4-5,12-14H2,1H3,(H,23,28)(H,24,27)/t17-/m1/s1. The molecule has 0 spiro atoms. The molecule has 0 aliphatic carbocycles. The smallest absolute Gasteiger partial charge is 0.225 e. The molecule has 1 aliphatic heterocycles. The summed E-state index contributed by atoms with van der Waals surface area (Å²) in [5, 5.41) is 6.80. The zero-order chi connectivity index (χ0) is 20.2. The Bertz CT molecular complexity index is 982. The molecule has 29 heavy (non-hydrogen) atoms. The molecule has 1 fully saturated rings. The van der Waals surface area contributed by atoms with Gasteiger partial charge < -0.3 is 15.5 Å². The van der Waals surface area contributed by atoms with E-state index in [-0.39, 0.29) is 17.7 Å². The van der Waals surface area contributed by atoms with E-state index in [1.807, 2.05) is 42.5 Å². The normalized spacial score (nSPS) is 16.6. The van der Waals surface area contributed by atoms with Crippen molar-refractivity contribution in [1.82, 2.24) is 10.3 Å². The number of para-hydroxylation sites is 1. The Morgan fingerprint density at radius 2 is 1.97 bits per heavy atom. The van der Waals surface area contributed by atoms with E-state index < -0.39 is 0 Å². The van der Waals surface area contributed by atoms with Crippen molar-refractivity contribution in [3.05, 3.63) is 54.1 Å². The third-order valence-corrected chi connectivity index (χ3v) is 6.18. The van der Waals surface area contributed by atoms with Crippen molar-refractivity contribution >= 4 is 44.2 Å². The molecule has 6 nitrogen and oxygen atoms in total. The Kier molecular flexibility index (Phi) is 5.76. The summed E-state index contributed by atoms with van der Waals surface area (Å²) in [4.78, 5) is 30.8. The second kappa shape index (κ2) is 8.61. The summed E-state index contributed by atoms with van der Waals surface area (Å²) in [7, 11) is 0. The number of fused-ring (bicyclic) bond motifs is 1. The molecule has 0 saturated carbocycles. The molecule has 0 bridgehead atoms. The van der Waals surface area contributed by atoms with Gasteiger partial charge in [0.15, 0.2) is 5.13 Å². The summed E-state index contributed by atoms with van der Waals surface area (Å²) in [5.74, 6) is -0.0443. The van der Waals surface area contributed by atoms with E-state index in [1.165, 1.54) is 11.6 Å². The first-order chi connectivity index (χ1) is 14.1. The molecule has 0 radical (unpaired) electrons. The quantitative estimate of drug-likeness (QED) is 0.674. The van der Waals surface area contributed by atoms with E-state index in [2.05, 4.69) is 21.6 Å². The predicted octanol–water partition coefficient (Wildman–Crippen LogP) is 3.79. The highest BCUT2D eigenvalue weighted by atomic mass is 32.1. The van der Waals surface area contributed by atoms with E-state index in [1.54, 1.807) is 11.3 Å². The number of thiazole rings is 1. The molecule has 0 unspecified atom stereocenters. The van der Waals surface area contributed by atoms with Crippen LogP contribution in [0.1, 0.15) is 25.3 Å². The lowest BCUT2D eigenvalue weighted by Crippen LogP contribution is -2.42. The molecule has 2 aromatic carbocycles. The number of nitrogens with one attached hydrogen (secondary N) is 2. The first-order valence-electron chi connectivity index (χ1n) is 9.83. The van der Waals surface area contributed by atoms with E-state index >= 15 is 0 Å². The molecule has 7 heteroatoms. The van der Waals surface area contributed by atoms with Gasteiger partial charge in [-0.2, -0.15) is 0 Å². The van der Waals surface area contributed by atoms with E-state index in [0.717, 1.165) is 41.3 Å². The Labute approximate surface area is 173 Å². The first-order valence-corrected chi connectivity index (χ1v) is 10.6. The highest BCUT2D eigenvalue weighted by Gasteiger charge is 2.27. The number of benzene rings is 2. The van der Waals surface area contributed by atoms with Crippen LogP contribution in [0.25, 0.3) is 10.2 Å². The van der Waals surface area contributed by atoms with Crippen molar-refractivity contribution in [2.75, 3.05) is 23.3 Å². The zero-order valence-electron chi connectivity index (χ0n) is 16.4. The molecule has 1 aliphatic rings. The van der Waals surface area contributed by atoms with Crippen LogP contribution < -0.4 is 15.5 Å². The second-order valence-corrected chi connectivity index (χ2v) is 8.35. The van der Waals surface area contributed by atoms with Crippen LogP contribution in [0.5, 0.6) is 0 Å². The number of anilines is 2. The Hall–Kier alpha value is -2.93. The van der Waals surface area contributed by atoms with Crippen molar-refractivity contribution in [2.45, 2.75) is 26.3 Å². The number of nitrogens with zero attached hydrogens (tertiary/aromatic N) is 2. The highest BCUT2D eigenvalue weighted by Crippen LogP contribution is 2.31. The van der Waals surface area contributed by atoms with Gasteiger partial charge in [-0.15, -0.1) is 0 Å². The largest absolute Gasteiger partial charge is 0.352 e. The molecule has 2 heterocycles. The summed E-state index contributed by atoms with van der Waals surface area (Å²) in [6.45, 7) is 3.61. The van der Waals surface area contributed by atoms with Crippen LogP contribution in [0.15, 0.2) is 48.5 Å². The second-order valence-electron chi connectivity index (χ2n) is 7.35. The maximum Gasteiger partial charge on any atom is 0.225 e. The van der Waals surface area contributed by atoms with E-state index in [9.17, 15) is 9.59 Å². The minimum absolute atomic E-state index is 0.0329. The lowest BCUT2D eigenvalue weighted by atomic mass is 9.97. The van der Waals surface area contributed by atoms with Crippen molar-refractivity contribution in [1.29, 1.82) is 0 Å². The van der Waals surface area contributed by atoms with Gasteiger partial charge in [-0.25, -0.2) is 4.98 Å². The number of aromatic nitrogens is 1. The van der Waals surface area contributed by atoms with E-state index in [0.29, 0.717) is 13.1 Å². The number of rotatable bonds is 5.